The van der Waals surface area contributed by atoms with Crippen molar-refractivity contribution in [3.05, 3.63) is 111 Å². The summed E-state index contributed by atoms with van der Waals surface area (Å²) in [5.74, 6) is -0.173. The van der Waals surface area contributed by atoms with Crippen molar-refractivity contribution in [3.8, 4) is 22.3 Å². The molecule has 0 aliphatic rings. The highest BCUT2D eigenvalue weighted by molar-refractivity contribution is 6.31. The molecule has 0 saturated heterocycles. The van der Waals surface area contributed by atoms with E-state index in [2.05, 4.69) is 15.5 Å². The highest BCUT2D eigenvalue weighted by Gasteiger charge is 2.19. The van der Waals surface area contributed by atoms with Crippen LogP contribution in [0.4, 0.5) is 0 Å². The highest BCUT2D eigenvalue weighted by atomic mass is 35.5. The Morgan fingerprint density at radius 1 is 0.886 bits per heavy atom. The molecule has 1 amide bonds. The van der Waals surface area contributed by atoms with Gasteiger partial charge in [-0.1, -0.05) is 59.6 Å². The van der Waals surface area contributed by atoms with Gasteiger partial charge in [-0.2, -0.15) is 9.61 Å². The summed E-state index contributed by atoms with van der Waals surface area (Å²) in [7, 11) is 1.58. The zero-order valence-electron chi connectivity index (χ0n) is 18.6. The van der Waals surface area contributed by atoms with Crippen LogP contribution >= 0.6 is 23.2 Å². The predicted molar refractivity (Wildman–Crippen MR) is 137 cm³/mol. The van der Waals surface area contributed by atoms with Crippen LogP contribution in [0.1, 0.15) is 15.9 Å². The standard InChI is InChI=1S/C26H19Cl2N5O2/c1-29-25(34)19-4-2-16(3-5-19)15-32-26(35)33-24(31-32)23(18-8-12-21(28)13-9-18)22(14-30-33)17-6-10-20(27)11-7-17/h2-14H,15H2,1H3,(H,29,34). The van der Waals surface area contributed by atoms with Crippen molar-refractivity contribution in [3.63, 3.8) is 0 Å². The average molecular weight is 504 g/mol. The Balaban J connectivity index is 1.65. The topological polar surface area (TPSA) is 81.3 Å². The zero-order valence-corrected chi connectivity index (χ0v) is 20.1. The predicted octanol–water partition coefficient (Wildman–Crippen LogP) is 4.94. The summed E-state index contributed by atoms with van der Waals surface area (Å²) in [5.41, 5.74) is 4.72. The Morgan fingerprint density at radius 2 is 1.49 bits per heavy atom. The molecule has 3 aromatic carbocycles. The number of halogens is 2. The summed E-state index contributed by atoms with van der Waals surface area (Å²) in [6.07, 6.45) is 1.66. The maximum Gasteiger partial charge on any atom is 0.367 e. The van der Waals surface area contributed by atoms with Gasteiger partial charge in [-0.25, -0.2) is 9.48 Å². The molecule has 0 radical (unpaired) electrons. The summed E-state index contributed by atoms with van der Waals surface area (Å²) in [6, 6.07) is 21.8. The van der Waals surface area contributed by atoms with Gasteiger partial charge in [-0.05, 0) is 53.1 Å². The van der Waals surface area contributed by atoms with E-state index in [1.807, 2.05) is 24.3 Å². The lowest BCUT2D eigenvalue weighted by molar-refractivity contribution is 0.0963. The first-order chi connectivity index (χ1) is 16.9. The summed E-state index contributed by atoms with van der Waals surface area (Å²) >= 11 is 12.2. The van der Waals surface area contributed by atoms with E-state index in [4.69, 9.17) is 23.2 Å². The summed E-state index contributed by atoms with van der Waals surface area (Å²) < 4.78 is 2.66. The molecule has 2 aromatic heterocycles. The third-order valence-electron chi connectivity index (χ3n) is 5.68. The Bertz CT molecular complexity index is 1590. The highest BCUT2D eigenvalue weighted by Crippen LogP contribution is 2.35. The Morgan fingerprint density at radius 3 is 2.09 bits per heavy atom. The second-order valence-corrected chi connectivity index (χ2v) is 8.77. The fraction of sp³-hybridized carbons (Fsp3) is 0.0769. The molecular formula is C26H19Cl2N5O2. The molecule has 0 bridgehead atoms. The van der Waals surface area contributed by atoms with E-state index in [9.17, 15) is 9.59 Å². The second kappa shape index (κ2) is 9.37. The van der Waals surface area contributed by atoms with Crippen molar-refractivity contribution in [1.82, 2.24) is 24.7 Å². The number of hydrogen-bond donors (Lipinski definition) is 1. The normalized spacial score (nSPS) is 11.1. The van der Waals surface area contributed by atoms with E-state index in [-0.39, 0.29) is 18.1 Å². The summed E-state index contributed by atoms with van der Waals surface area (Å²) in [6.45, 7) is 0.229. The van der Waals surface area contributed by atoms with Gasteiger partial charge in [0.1, 0.15) is 0 Å². The third kappa shape index (κ3) is 4.43. The quantitative estimate of drug-likeness (QED) is 0.368. The molecule has 35 heavy (non-hydrogen) atoms. The number of carbonyl (C=O) groups excluding carboxylic acids is 1. The van der Waals surface area contributed by atoms with E-state index in [1.54, 1.807) is 61.8 Å². The number of fused-ring (bicyclic) bond motifs is 1. The van der Waals surface area contributed by atoms with Gasteiger partial charge in [0.2, 0.25) is 0 Å². The molecule has 0 atom stereocenters. The fourth-order valence-corrected chi connectivity index (χ4v) is 4.14. The lowest BCUT2D eigenvalue weighted by Gasteiger charge is -2.11. The minimum absolute atomic E-state index is 0.173. The second-order valence-electron chi connectivity index (χ2n) is 7.90. The number of amides is 1. The molecule has 9 heteroatoms. The van der Waals surface area contributed by atoms with Gasteiger partial charge in [-0.15, -0.1) is 5.10 Å². The van der Waals surface area contributed by atoms with Gasteiger partial charge in [-0.3, -0.25) is 4.79 Å². The Labute approximate surface area is 210 Å². The fourth-order valence-electron chi connectivity index (χ4n) is 3.89. The lowest BCUT2D eigenvalue weighted by atomic mass is 9.97. The van der Waals surface area contributed by atoms with Crippen LogP contribution in [-0.4, -0.2) is 32.3 Å². The van der Waals surface area contributed by atoms with Crippen LogP contribution in [0.15, 0.2) is 83.8 Å². The molecule has 0 saturated carbocycles. The van der Waals surface area contributed by atoms with Gasteiger partial charge >= 0.3 is 5.69 Å². The maximum absolute atomic E-state index is 13.2. The molecule has 0 fully saturated rings. The Hall–Kier alpha value is -3.94. The molecule has 5 rings (SSSR count). The largest absolute Gasteiger partial charge is 0.367 e. The maximum atomic E-state index is 13.2. The minimum atomic E-state index is -0.367. The van der Waals surface area contributed by atoms with Crippen LogP contribution in [0.2, 0.25) is 10.0 Å². The van der Waals surface area contributed by atoms with Crippen molar-refractivity contribution < 1.29 is 4.79 Å². The third-order valence-corrected chi connectivity index (χ3v) is 6.18. The molecule has 5 aromatic rings. The van der Waals surface area contributed by atoms with Gasteiger partial charge < -0.3 is 5.32 Å². The molecule has 0 aliphatic carbocycles. The van der Waals surface area contributed by atoms with Crippen molar-refractivity contribution in [1.29, 1.82) is 0 Å². The monoisotopic (exact) mass is 503 g/mol. The average Bonchev–Trinajstić information content (AvgIpc) is 3.19. The summed E-state index contributed by atoms with van der Waals surface area (Å²) in [4.78, 5) is 25.0. The van der Waals surface area contributed by atoms with Crippen LogP contribution in [0, 0.1) is 0 Å². The van der Waals surface area contributed by atoms with Crippen molar-refractivity contribution in [2.45, 2.75) is 6.54 Å². The molecular weight excluding hydrogens is 485 g/mol. The van der Waals surface area contributed by atoms with Crippen LogP contribution in [0.5, 0.6) is 0 Å². The number of hydrogen-bond acceptors (Lipinski definition) is 4. The Kier molecular flexibility index (Phi) is 6.11. The molecule has 0 aliphatic heterocycles. The number of aromatic nitrogens is 4. The number of benzene rings is 3. The molecule has 0 spiro atoms. The summed E-state index contributed by atoms with van der Waals surface area (Å²) in [5, 5.41) is 12.9. The van der Waals surface area contributed by atoms with Crippen molar-refractivity contribution >= 4 is 34.8 Å². The van der Waals surface area contributed by atoms with Crippen LogP contribution in [-0.2, 0) is 6.54 Å². The van der Waals surface area contributed by atoms with Gasteiger partial charge in [0.05, 0.1) is 12.7 Å². The first-order valence-electron chi connectivity index (χ1n) is 10.8. The van der Waals surface area contributed by atoms with E-state index < -0.39 is 0 Å². The van der Waals surface area contributed by atoms with Gasteiger partial charge in [0, 0.05) is 33.8 Å². The molecule has 174 valence electrons. The van der Waals surface area contributed by atoms with Crippen LogP contribution < -0.4 is 11.0 Å². The van der Waals surface area contributed by atoms with Crippen LogP contribution in [0.25, 0.3) is 27.9 Å². The molecule has 7 nitrogen and oxygen atoms in total. The molecule has 2 heterocycles. The lowest BCUT2D eigenvalue weighted by Crippen LogP contribution is -2.23. The SMILES string of the molecule is CNC(=O)c1ccc(Cn2nc3c(-c4ccc(Cl)cc4)c(-c4ccc(Cl)cc4)cnn3c2=O)cc1. The smallest absolute Gasteiger partial charge is 0.355 e. The van der Waals surface area contributed by atoms with Gasteiger partial charge in [0.25, 0.3) is 5.91 Å². The van der Waals surface area contributed by atoms with E-state index in [1.165, 1.54) is 9.20 Å². The van der Waals surface area contributed by atoms with Crippen molar-refractivity contribution in [2.24, 2.45) is 0 Å². The number of nitrogens with zero attached hydrogens (tertiary/aromatic N) is 4. The number of carbonyl (C=O) groups is 1. The van der Waals surface area contributed by atoms with Crippen molar-refractivity contribution in [2.75, 3.05) is 7.05 Å². The minimum Gasteiger partial charge on any atom is -0.355 e. The van der Waals surface area contributed by atoms with E-state index in [0.29, 0.717) is 21.3 Å². The first kappa shape index (κ1) is 22.8. The van der Waals surface area contributed by atoms with Gasteiger partial charge in [0.15, 0.2) is 5.65 Å². The number of nitrogens with one attached hydrogen (secondary N) is 1. The first-order valence-corrected chi connectivity index (χ1v) is 11.5. The molecule has 1 N–H and O–H groups in total. The number of rotatable bonds is 5. The molecule has 0 unspecified atom stereocenters. The van der Waals surface area contributed by atoms with E-state index >= 15 is 0 Å². The van der Waals surface area contributed by atoms with Crippen LogP contribution in [0.3, 0.4) is 0 Å². The zero-order chi connectivity index (χ0) is 24.5. The van der Waals surface area contributed by atoms with E-state index in [0.717, 1.165) is 27.8 Å².